The molecular formula is C20H21N7O2. The van der Waals surface area contributed by atoms with Crippen LogP contribution >= 0.6 is 0 Å². The van der Waals surface area contributed by atoms with Gasteiger partial charge in [0.2, 0.25) is 0 Å². The maximum Gasteiger partial charge on any atom is 0.293 e. The fraction of sp³-hybridized carbons (Fsp3) is 0.250. The lowest BCUT2D eigenvalue weighted by Crippen LogP contribution is -2.46. The highest BCUT2D eigenvalue weighted by atomic mass is 16.6. The molecule has 2 heterocycles. The summed E-state index contributed by atoms with van der Waals surface area (Å²) in [6.07, 6.45) is 4.46. The Morgan fingerprint density at radius 3 is 2.45 bits per heavy atom. The van der Waals surface area contributed by atoms with Crippen molar-refractivity contribution in [2.45, 2.75) is 6.54 Å². The molecule has 1 aliphatic heterocycles. The molecule has 0 N–H and O–H groups in total. The van der Waals surface area contributed by atoms with E-state index in [1.54, 1.807) is 18.3 Å². The number of aromatic nitrogens is 3. The minimum Gasteiger partial charge on any atom is -0.363 e. The van der Waals surface area contributed by atoms with Crippen LogP contribution in [0.5, 0.6) is 0 Å². The van der Waals surface area contributed by atoms with E-state index >= 15 is 0 Å². The number of hydrogen-bond donors (Lipinski definition) is 0. The van der Waals surface area contributed by atoms with Crippen LogP contribution < -0.4 is 4.90 Å². The lowest BCUT2D eigenvalue weighted by Gasteiger charge is -2.35. The molecule has 148 valence electrons. The first-order chi connectivity index (χ1) is 14.2. The van der Waals surface area contributed by atoms with Crippen LogP contribution in [0.3, 0.4) is 0 Å². The second kappa shape index (κ2) is 8.61. The van der Waals surface area contributed by atoms with Gasteiger partial charge in [-0.25, -0.2) is 4.68 Å². The number of nitro benzene ring substituents is 1. The highest BCUT2D eigenvalue weighted by Crippen LogP contribution is 2.30. The second-order valence-corrected chi connectivity index (χ2v) is 6.84. The van der Waals surface area contributed by atoms with Crippen LogP contribution in [-0.4, -0.2) is 57.1 Å². The Morgan fingerprint density at radius 1 is 1.03 bits per heavy atom. The van der Waals surface area contributed by atoms with Gasteiger partial charge in [0.05, 0.1) is 11.1 Å². The van der Waals surface area contributed by atoms with Gasteiger partial charge in [0.15, 0.2) is 0 Å². The molecule has 9 heteroatoms. The van der Waals surface area contributed by atoms with Crippen molar-refractivity contribution >= 4 is 17.6 Å². The molecule has 3 aromatic rings. The third-order valence-electron chi connectivity index (χ3n) is 4.90. The fourth-order valence-corrected chi connectivity index (χ4v) is 3.41. The van der Waals surface area contributed by atoms with Gasteiger partial charge in [-0.05, 0) is 11.6 Å². The van der Waals surface area contributed by atoms with Gasteiger partial charge < -0.3 is 4.90 Å². The van der Waals surface area contributed by atoms with E-state index in [0.717, 1.165) is 32.7 Å². The van der Waals surface area contributed by atoms with Crippen molar-refractivity contribution in [3.63, 3.8) is 0 Å². The molecule has 1 fully saturated rings. The van der Waals surface area contributed by atoms with Crippen molar-refractivity contribution in [2.24, 2.45) is 5.10 Å². The lowest BCUT2D eigenvalue weighted by atomic mass is 10.1. The van der Waals surface area contributed by atoms with E-state index in [-0.39, 0.29) is 10.6 Å². The predicted molar refractivity (Wildman–Crippen MR) is 110 cm³/mol. The Balaban J connectivity index is 1.45. The summed E-state index contributed by atoms with van der Waals surface area (Å²) < 4.78 is 1.44. The van der Waals surface area contributed by atoms with Crippen LogP contribution in [0.4, 0.5) is 11.4 Å². The Kier molecular flexibility index (Phi) is 5.57. The smallest absolute Gasteiger partial charge is 0.293 e. The predicted octanol–water partition coefficient (Wildman–Crippen LogP) is 2.39. The molecule has 29 heavy (non-hydrogen) atoms. The zero-order valence-corrected chi connectivity index (χ0v) is 15.8. The first-order valence-corrected chi connectivity index (χ1v) is 9.38. The van der Waals surface area contributed by atoms with Gasteiger partial charge in [-0.15, -0.1) is 10.2 Å². The Morgan fingerprint density at radius 2 is 1.76 bits per heavy atom. The van der Waals surface area contributed by atoms with Crippen LogP contribution in [0.2, 0.25) is 0 Å². The van der Waals surface area contributed by atoms with E-state index < -0.39 is 0 Å². The number of rotatable bonds is 6. The third-order valence-corrected chi connectivity index (χ3v) is 4.90. The lowest BCUT2D eigenvalue weighted by molar-refractivity contribution is -0.384. The number of nitrogens with zero attached hydrogens (tertiary/aromatic N) is 7. The van der Waals surface area contributed by atoms with Crippen LogP contribution in [-0.2, 0) is 6.54 Å². The molecule has 9 nitrogen and oxygen atoms in total. The molecule has 1 aliphatic rings. The SMILES string of the molecule is O=[N+]([O-])c1cc(/C=N/n2cnnc2)ccc1N1CCN(Cc2ccccc2)CC1. The molecule has 0 unspecified atom stereocenters. The fourth-order valence-electron chi connectivity index (χ4n) is 3.41. The number of hydrogen-bond acceptors (Lipinski definition) is 7. The molecule has 0 aliphatic carbocycles. The number of nitro groups is 1. The highest BCUT2D eigenvalue weighted by Gasteiger charge is 2.24. The van der Waals surface area contributed by atoms with Gasteiger partial charge >= 0.3 is 0 Å². The molecule has 1 saturated heterocycles. The van der Waals surface area contributed by atoms with Crippen LogP contribution in [0, 0.1) is 10.1 Å². The molecule has 0 saturated carbocycles. The minimum atomic E-state index is -0.332. The average Bonchev–Trinajstić information content (AvgIpc) is 3.27. The van der Waals surface area contributed by atoms with Crippen LogP contribution in [0.25, 0.3) is 0 Å². The summed E-state index contributed by atoms with van der Waals surface area (Å²) in [7, 11) is 0. The van der Waals surface area contributed by atoms with Gasteiger partial charge in [-0.3, -0.25) is 15.0 Å². The van der Waals surface area contributed by atoms with Crippen molar-refractivity contribution in [1.29, 1.82) is 0 Å². The van der Waals surface area contributed by atoms with Crippen molar-refractivity contribution in [3.8, 4) is 0 Å². The molecule has 0 radical (unpaired) electrons. The quantitative estimate of drug-likeness (QED) is 0.364. The first-order valence-electron chi connectivity index (χ1n) is 9.38. The Bertz CT molecular complexity index is 981. The summed E-state index contributed by atoms with van der Waals surface area (Å²) in [6, 6.07) is 15.5. The highest BCUT2D eigenvalue weighted by molar-refractivity contribution is 5.83. The molecule has 4 rings (SSSR count). The van der Waals surface area contributed by atoms with Gasteiger partial charge in [-0.2, -0.15) is 5.10 Å². The van der Waals surface area contributed by atoms with E-state index in [2.05, 4.69) is 37.2 Å². The molecule has 0 bridgehead atoms. The van der Waals surface area contributed by atoms with E-state index in [1.807, 2.05) is 24.3 Å². The van der Waals surface area contributed by atoms with Crippen molar-refractivity contribution in [3.05, 3.63) is 82.4 Å². The molecular weight excluding hydrogens is 370 g/mol. The van der Waals surface area contributed by atoms with Crippen LogP contribution in [0.1, 0.15) is 11.1 Å². The maximum atomic E-state index is 11.7. The summed E-state index contributed by atoms with van der Waals surface area (Å²) in [5, 5.41) is 23.1. The zero-order valence-electron chi connectivity index (χ0n) is 15.8. The summed E-state index contributed by atoms with van der Waals surface area (Å²) in [6.45, 7) is 4.13. The second-order valence-electron chi connectivity index (χ2n) is 6.84. The van der Waals surface area contributed by atoms with E-state index in [4.69, 9.17) is 0 Å². The van der Waals surface area contributed by atoms with Gasteiger partial charge in [0.25, 0.3) is 5.69 Å². The molecule has 0 atom stereocenters. The zero-order chi connectivity index (χ0) is 20.1. The topological polar surface area (TPSA) is 92.7 Å². The number of anilines is 1. The Hall–Kier alpha value is -3.59. The first kappa shape index (κ1) is 18.8. The number of benzene rings is 2. The van der Waals surface area contributed by atoms with Crippen molar-refractivity contribution < 1.29 is 4.92 Å². The van der Waals surface area contributed by atoms with Crippen molar-refractivity contribution in [1.82, 2.24) is 19.8 Å². The molecule has 2 aromatic carbocycles. The summed E-state index contributed by atoms with van der Waals surface area (Å²) in [5.41, 5.74) is 2.67. The minimum absolute atomic E-state index is 0.0919. The van der Waals surface area contributed by atoms with Crippen molar-refractivity contribution in [2.75, 3.05) is 31.1 Å². The van der Waals surface area contributed by atoms with Gasteiger partial charge in [-0.1, -0.05) is 36.4 Å². The third kappa shape index (κ3) is 4.64. The van der Waals surface area contributed by atoms with E-state index in [1.165, 1.54) is 22.9 Å². The normalized spacial score (nSPS) is 15.1. The van der Waals surface area contributed by atoms with Gasteiger partial charge in [0.1, 0.15) is 18.3 Å². The van der Waals surface area contributed by atoms with E-state index in [0.29, 0.717) is 11.3 Å². The molecule has 0 amide bonds. The molecule has 1 aromatic heterocycles. The average molecular weight is 391 g/mol. The largest absolute Gasteiger partial charge is 0.363 e. The molecule has 0 spiro atoms. The summed E-state index contributed by atoms with van der Waals surface area (Å²) in [4.78, 5) is 15.8. The maximum absolute atomic E-state index is 11.7. The number of piperazine rings is 1. The monoisotopic (exact) mass is 391 g/mol. The standard InChI is InChI=1S/C20H21N7O2/c28-27(29)20-12-18(13-23-26-15-21-22-16-26)6-7-19(20)25-10-8-24(9-11-25)14-17-4-2-1-3-5-17/h1-7,12-13,15-16H,8-11,14H2/b23-13+. The van der Waals surface area contributed by atoms with Crippen LogP contribution in [0.15, 0.2) is 66.3 Å². The van der Waals surface area contributed by atoms with Gasteiger partial charge in [0, 0.05) is 44.4 Å². The van der Waals surface area contributed by atoms with E-state index in [9.17, 15) is 10.1 Å². The Labute approximate surface area is 168 Å². The summed E-state index contributed by atoms with van der Waals surface area (Å²) in [5.74, 6) is 0. The summed E-state index contributed by atoms with van der Waals surface area (Å²) >= 11 is 0.